The fourth-order valence-corrected chi connectivity index (χ4v) is 1.98. The molecule has 0 saturated heterocycles. The van der Waals surface area contributed by atoms with Gasteiger partial charge >= 0.3 is 0 Å². The summed E-state index contributed by atoms with van der Waals surface area (Å²) in [6.45, 7) is 3.67. The fourth-order valence-electron chi connectivity index (χ4n) is 1.98. The molecule has 0 amide bonds. The Balaban J connectivity index is 2.56. The second-order valence-corrected chi connectivity index (χ2v) is 4.54. The molecule has 1 heterocycles. The molecular weight excluding hydrogens is 271 g/mol. The second-order valence-electron chi connectivity index (χ2n) is 4.54. The third-order valence-corrected chi connectivity index (χ3v) is 2.85. The third kappa shape index (κ3) is 2.52. The number of hydrazine groups is 1. The van der Waals surface area contributed by atoms with E-state index in [1.165, 1.54) is 11.0 Å². The van der Waals surface area contributed by atoms with Crippen molar-refractivity contribution in [2.75, 3.05) is 0 Å². The van der Waals surface area contributed by atoms with Gasteiger partial charge < -0.3 is 0 Å². The molecule has 1 aromatic heterocycles. The van der Waals surface area contributed by atoms with Crippen LogP contribution in [0.3, 0.4) is 0 Å². The summed E-state index contributed by atoms with van der Waals surface area (Å²) in [5.41, 5.74) is 1.89. The summed E-state index contributed by atoms with van der Waals surface area (Å²) >= 11 is 0. The van der Waals surface area contributed by atoms with Crippen LogP contribution in [-0.2, 0) is 0 Å². The largest absolute Gasteiger partial charge is 0.270 e. The Morgan fingerprint density at radius 3 is 2.30 bits per heavy atom. The van der Waals surface area contributed by atoms with Crippen molar-refractivity contribution in [1.29, 1.82) is 0 Å². The van der Waals surface area contributed by atoms with Gasteiger partial charge in [0, 0.05) is 23.7 Å². The lowest BCUT2D eigenvalue weighted by molar-refractivity contribution is 0.441. The van der Waals surface area contributed by atoms with Crippen molar-refractivity contribution < 1.29 is 13.2 Å². The van der Waals surface area contributed by atoms with Crippen molar-refractivity contribution in [3.05, 3.63) is 47.3 Å². The van der Waals surface area contributed by atoms with E-state index in [0.717, 1.165) is 0 Å². The number of nitrogens with zero attached hydrogens (tertiary/aromatic N) is 3. The van der Waals surface area contributed by atoms with Gasteiger partial charge in [-0.25, -0.2) is 28.3 Å². The zero-order valence-electron chi connectivity index (χ0n) is 10.9. The highest BCUT2D eigenvalue weighted by Crippen LogP contribution is 2.27. The molecule has 1 unspecified atom stereocenters. The summed E-state index contributed by atoms with van der Waals surface area (Å²) in [6.07, 6.45) is 1.26. The molecule has 5 nitrogen and oxygen atoms in total. The summed E-state index contributed by atoms with van der Waals surface area (Å²) in [5.74, 6) is 2.55. The molecule has 8 heteroatoms. The van der Waals surface area contributed by atoms with E-state index in [0.29, 0.717) is 12.1 Å². The van der Waals surface area contributed by atoms with Crippen LogP contribution in [0, 0.1) is 17.5 Å². The molecule has 2 rings (SSSR count). The maximum atomic E-state index is 13.8. The molecule has 0 radical (unpaired) electrons. The lowest BCUT2D eigenvalue weighted by atomic mass is 10.0. The normalized spacial score (nSPS) is 12.9. The van der Waals surface area contributed by atoms with Crippen molar-refractivity contribution in [1.82, 2.24) is 20.2 Å². The predicted molar refractivity (Wildman–Crippen MR) is 65.9 cm³/mol. The van der Waals surface area contributed by atoms with Gasteiger partial charge in [0.1, 0.15) is 35.6 Å². The van der Waals surface area contributed by atoms with E-state index in [4.69, 9.17) is 5.84 Å². The number of benzene rings is 1. The average Bonchev–Trinajstić information content (AvgIpc) is 2.82. The van der Waals surface area contributed by atoms with Crippen LogP contribution in [0.4, 0.5) is 13.2 Å². The number of nitrogens with two attached hydrogens (primary N) is 1. The van der Waals surface area contributed by atoms with E-state index in [1.54, 1.807) is 0 Å². The third-order valence-electron chi connectivity index (χ3n) is 2.85. The highest BCUT2D eigenvalue weighted by molar-refractivity contribution is 5.28. The van der Waals surface area contributed by atoms with Crippen molar-refractivity contribution in [2.24, 2.45) is 5.84 Å². The topological polar surface area (TPSA) is 68.8 Å². The Kier molecular flexibility index (Phi) is 4.05. The summed E-state index contributed by atoms with van der Waals surface area (Å²) in [6, 6.07) is 0.0490. The van der Waals surface area contributed by atoms with Gasteiger partial charge in [-0.05, 0) is 13.8 Å². The summed E-state index contributed by atoms with van der Waals surface area (Å²) in [5, 5.41) is 3.98. The van der Waals surface area contributed by atoms with Gasteiger partial charge in [0.05, 0.1) is 0 Å². The Bertz CT molecular complexity index is 588. The smallest absolute Gasteiger partial charge is 0.150 e. The van der Waals surface area contributed by atoms with Crippen LogP contribution < -0.4 is 11.3 Å². The van der Waals surface area contributed by atoms with Gasteiger partial charge in [0.15, 0.2) is 0 Å². The van der Waals surface area contributed by atoms with Crippen LogP contribution >= 0.6 is 0 Å². The van der Waals surface area contributed by atoms with Crippen molar-refractivity contribution in [3.8, 4) is 0 Å². The molecule has 0 fully saturated rings. The maximum absolute atomic E-state index is 13.8. The van der Waals surface area contributed by atoms with Crippen LogP contribution in [0.5, 0.6) is 0 Å². The molecule has 0 aliphatic rings. The number of nitrogens with one attached hydrogen (secondary N) is 1. The highest BCUT2D eigenvalue weighted by Gasteiger charge is 2.26. The standard InChI is InChI=1S/C12H14F3N5/c1-6(2)20-12(17-5-18-20)11(19-16)10-8(14)3-7(13)4-9(10)15/h3-6,11,19H,16H2,1-2H3. The monoisotopic (exact) mass is 285 g/mol. The molecule has 1 aromatic carbocycles. The van der Waals surface area contributed by atoms with Gasteiger partial charge in [-0.1, -0.05) is 0 Å². The van der Waals surface area contributed by atoms with E-state index < -0.39 is 29.1 Å². The molecule has 0 aliphatic heterocycles. The molecule has 1 atom stereocenters. The highest BCUT2D eigenvalue weighted by atomic mass is 19.1. The van der Waals surface area contributed by atoms with Gasteiger partial charge in [-0.2, -0.15) is 5.10 Å². The van der Waals surface area contributed by atoms with E-state index >= 15 is 0 Å². The van der Waals surface area contributed by atoms with Gasteiger partial charge in [-0.3, -0.25) is 5.84 Å². The maximum Gasteiger partial charge on any atom is 0.150 e. The lowest BCUT2D eigenvalue weighted by Crippen LogP contribution is -2.33. The summed E-state index contributed by atoms with van der Waals surface area (Å²) in [4.78, 5) is 3.97. The van der Waals surface area contributed by atoms with Crippen molar-refractivity contribution in [3.63, 3.8) is 0 Å². The number of hydrogen-bond acceptors (Lipinski definition) is 4. The molecule has 3 N–H and O–H groups in total. The molecule has 0 aliphatic carbocycles. The molecule has 0 bridgehead atoms. The Morgan fingerprint density at radius 1 is 1.20 bits per heavy atom. The van der Waals surface area contributed by atoms with Crippen LogP contribution in [0.15, 0.2) is 18.5 Å². The fraction of sp³-hybridized carbons (Fsp3) is 0.333. The lowest BCUT2D eigenvalue weighted by Gasteiger charge is -2.19. The molecule has 0 spiro atoms. The van der Waals surface area contributed by atoms with Gasteiger partial charge in [0.2, 0.25) is 0 Å². The Hall–Kier alpha value is -1.93. The molecule has 0 saturated carbocycles. The van der Waals surface area contributed by atoms with E-state index in [9.17, 15) is 13.2 Å². The minimum atomic E-state index is -1.07. The predicted octanol–water partition coefficient (Wildman–Crippen LogP) is 1.83. The first-order chi connectivity index (χ1) is 9.45. The van der Waals surface area contributed by atoms with Crippen LogP contribution in [-0.4, -0.2) is 14.8 Å². The van der Waals surface area contributed by atoms with Gasteiger partial charge in [0.25, 0.3) is 0 Å². The van der Waals surface area contributed by atoms with Crippen LogP contribution in [0.25, 0.3) is 0 Å². The first-order valence-electron chi connectivity index (χ1n) is 5.95. The first-order valence-corrected chi connectivity index (χ1v) is 5.95. The Labute approximate surface area is 113 Å². The number of aromatic nitrogens is 3. The summed E-state index contributed by atoms with van der Waals surface area (Å²) < 4.78 is 42.1. The number of rotatable bonds is 4. The van der Waals surface area contributed by atoms with Crippen molar-refractivity contribution >= 4 is 0 Å². The zero-order valence-corrected chi connectivity index (χ0v) is 10.9. The Morgan fingerprint density at radius 2 is 1.80 bits per heavy atom. The van der Waals surface area contributed by atoms with Crippen LogP contribution in [0.2, 0.25) is 0 Å². The SMILES string of the molecule is CC(C)n1ncnc1C(NN)c1c(F)cc(F)cc1F. The molecular formula is C12H14F3N5. The van der Waals surface area contributed by atoms with Gasteiger partial charge in [-0.15, -0.1) is 0 Å². The second kappa shape index (κ2) is 5.59. The number of halogens is 3. The van der Waals surface area contributed by atoms with E-state index in [2.05, 4.69) is 15.5 Å². The zero-order chi connectivity index (χ0) is 14.9. The average molecular weight is 285 g/mol. The molecule has 20 heavy (non-hydrogen) atoms. The van der Waals surface area contributed by atoms with Crippen LogP contribution in [0.1, 0.15) is 37.3 Å². The number of hydrogen-bond donors (Lipinski definition) is 2. The minimum Gasteiger partial charge on any atom is -0.270 e. The quantitative estimate of drug-likeness (QED) is 0.664. The minimum absolute atomic E-state index is 0.0741. The van der Waals surface area contributed by atoms with E-state index in [-0.39, 0.29) is 11.9 Å². The van der Waals surface area contributed by atoms with E-state index in [1.807, 2.05) is 13.8 Å². The molecule has 108 valence electrons. The van der Waals surface area contributed by atoms with Crippen molar-refractivity contribution in [2.45, 2.75) is 25.9 Å². The summed E-state index contributed by atoms with van der Waals surface area (Å²) in [7, 11) is 0. The molecule has 2 aromatic rings. The first kappa shape index (κ1) is 14.5.